The number of sulfone groups is 1. The second-order valence-electron chi connectivity index (χ2n) is 9.59. The monoisotopic (exact) mass is 486 g/mol. The predicted molar refractivity (Wildman–Crippen MR) is 130 cm³/mol. The summed E-state index contributed by atoms with van der Waals surface area (Å²) in [7, 11) is -3.16. The number of nitrogens with zero attached hydrogens (tertiary/aromatic N) is 2. The highest BCUT2D eigenvalue weighted by atomic mass is 32.2. The maximum absolute atomic E-state index is 13.1. The summed E-state index contributed by atoms with van der Waals surface area (Å²) in [4.78, 5) is 27.6. The number of esters is 1. The summed E-state index contributed by atoms with van der Waals surface area (Å²) < 4.78 is 31.8. The molecule has 1 saturated heterocycles. The first-order chi connectivity index (χ1) is 16.2. The number of hydrogen-bond acceptors (Lipinski definition) is 5. The molecule has 0 bridgehead atoms. The number of aryl methyl sites for hydroxylation is 1. The molecule has 2 fully saturated rings. The van der Waals surface area contributed by atoms with Crippen molar-refractivity contribution in [3.63, 3.8) is 0 Å². The van der Waals surface area contributed by atoms with E-state index in [-0.39, 0.29) is 24.0 Å². The van der Waals surface area contributed by atoms with Crippen molar-refractivity contribution in [1.29, 1.82) is 0 Å². The van der Waals surface area contributed by atoms with Crippen molar-refractivity contribution in [2.75, 3.05) is 18.1 Å². The van der Waals surface area contributed by atoms with Crippen LogP contribution in [0.3, 0.4) is 0 Å². The van der Waals surface area contributed by atoms with E-state index in [0.717, 1.165) is 29.8 Å². The molecule has 1 aliphatic heterocycles. The average molecular weight is 487 g/mol. The molecule has 1 saturated carbocycles. The van der Waals surface area contributed by atoms with Gasteiger partial charge in [-0.2, -0.15) is 0 Å². The number of carbonyl (C=O) groups excluding carboxylic acids is 2. The molecule has 184 valence electrons. The molecule has 0 spiro atoms. The lowest BCUT2D eigenvalue weighted by molar-refractivity contribution is -0.137. The van der Waals surface area contributed by atoms with E-state index in [4.69, 9.17) is 4.74 Å². The number of benzene rings is 1. The van der Waals surface area contributed by atoms with Crippen molar-refractivity contribution in [3.8, 4) is 0 Å². The number of aromatic nitrogens is 1. The van der Waals surface area contributed by atoms with Gasteiger partial charge >= 0.3 is 5.97 Å². The summed E-state index contributed by atoms with van der Waals surface area (Å²) in [5.41, 5.74) is 3.31. The number of ether oxygens (including phenoxy) is 1. The fraction of sp³-hybridized carbons (Fsp3) is 0.538. The summed E-state index contributed by atoms with van der Waals surface area (Å²) in [5.74, 6) is -0.867. The van der Waals surface area contributed by atoms with Crippen molar-refractivity contribution >= 4 is 21.7 Å². The standard InChI is InChI=1S/C26H34N2O5S/c1-19-15-24(20(2)28(19)22-11-7-4-8-12-22)26(30)33-17-25(29)27(16-21-9-5-3-6-10-21)23-13-14-34(31,32)18-23/h3,5-6,9-10,15,22-23H,4,7-8,11-14,16-18H2,1-2H3. The zero-order chi connectivity index (χ0) is 24.3. The highest BCUT2D eigenvalue weighted by molar-refractivity contribution is 7.91. The first-order valence-electron chi connectivity index (χ1n) is 12.1. The third-order valence-corrected chi connectivity index (χ3v) is 8.89. The van der Waals surface area contributed by atoms with Gasteiger partial charge < -0.3 is 14.2 Å². The Balaban J connectivity index is 1.45. The lowest BCUT2D eigenvalue weighted by atomic mass is 9.95. The molecule has 1 aromatic heterocycles. The quantitative estimate of drug-likeness (QED) is 0.553. The van der Waals surface area contributed by atoms with Gasteiger partial charge in [0.1, 0.15) is 0 Å². The SMILES string of the molecule is Cc1cc(C(=O)OCC(=O)N(Cc2ccccc2)C2CCS(=O)(=O)C2)c(C)n1C1CCCCC1. The fourth-order valence-electron chi connectivity index (χ4n) is 5.40. The van der Waals surface area contributed by atoms with E-state index >= 15 is 0 Å². The molecular weight excluding hydrogens is 452 g/mol. The van der Waals surface area contributed by atoms with Crippen LogP contribution in [0.4, 0.5) is 0 Å². The first kappa shape index (κ1) is 24.5. The van der Waals surface area contributed by atoms with Crippen LogP contribution in [0, 0.1) is 13.8 Å². The summed E-state index contributed by atoms with van der Waals surface area (Å²) in [6, 6.07) is 11.3. The highest BCUT2D eigenvalue weighted by Crippen LogP contribution is 2.32. The fourth-order valence-corrected chi connectivity index (χ4v) is 7.13. The van der Waals surface area contributed by atoms with E-state index in [1.807, 2.05) is 50.2 Å². The van der Waals surface area contributed by atoms with Crippen molar-refractivity contribution in [1.82, 2.24) is 9.47 Å². The van der Waals surface area contributed by atoms with Crippen LogP contribution in [-0.2, 0) is 25.9 Å². The van der Waals surface area contributed by atoms with Crippen molar-refractivity contribution in [2.45, 2.75) is 71.0 Å². The van der Waals surface area contributed by atoms with Crippen LogP contribution in [0.25, 0.3) is 0 Å². The van der Waals surface area contributed by atoms with Crippen LogP contribution in [0.2, 0.25) is 0 Å². The normalized spacial score (nSPS) is 20.2. The Morgan fingerprint density at radius 1 is 1.06 bits per heavy atom. The molecule has 1 unspecified atom stereocenters. The Labute approximate surface area is 202 Å². The Morgan fingerprint density at radius 3 is 2.41 bits per heavy atom. The Morgan fingerprint density at radius 2 is 1.76 bits per heavy atom. The van der Waals surface area contributed by atoms with E-state index in [1.54, 1.807) is 4.90 Å². The zero-order valence-electron chi connectivity index (χ0n) is 20.0. The lowest BCUT2D eigenvalue weighted by Gasteiger charge is -2.28. The molecule has 2 aromatic rings. The van der Waals surface area contributed by atoms with Gasteiger partial charge in [-0.25, -0.2) is 13.2 Å². The molecule has 0 N–H and O–H groups in total. The van der Waals surface area contributed by atoms with Crippen LogP contribution < -0.4 is 0 Å². The number of rotatable bonds is 7. The minimum Gasteiger partial charge on any atom is -0.452 e. The van der Waals surface area contributed by atoms with E-state index in [9.17, 15) is 18.0 Å². The summed E-state index contributed by atoms with van der Waals surface area (Å²) in [6.45, 7) is 3.82. The van der Waals surface area contributed by atoms with Gasteiger partial charge in [0.15, 0.2) is 16.4 Å². The van der Waals surface area contributed by atoms with Crippen LogP contribution in [0.15, 0.2) is 36.4 Å². The number of carbonyl (C=O) groups is 2. The Hall–Kier alpha value is -2.61. The largest absolute Gasteiger partial charge is 0.452 e. The number of hydrogen-bond donors (Lipinski definition) is 0. The summed E-state index contributed by atoms with van der Waals surface area (Å²) >= 11 is 0. The van der Waals surface area contributed by atoms with Gasteiger partial charge in [0.05, 0.1) is 17.1 Å². The smallest absolute Gasteiger partial charge is 0.340 e. The maximum atomic E-state index is 13.1. The van der Waals surface area contributed by atoms with E-state index in [1.165, 1.54) is 19.3 Å². The molecule has 8 heteroatoms. The molecule has 1 atom stereocenters. The van der Waals surface area contributed by atoms with Crippen LogP contribution >= 0.6 is 0 Å². The van der Waals surface area contributed by atoms with Crippen LogP contribution in [-0.4, -0.2) is 53.9 Å². The van der Waals surface area contributed by atoms with Gasteiger partial charge in [-0.1, -0.05) is 49.6 Å². The minimum atomic E-state index is -3.16. The number of amides is 1. The lowest BCUT2D eigenvalue weighted by Crippen LogP contribution is -2.42. The van der Waals surface area contributed by atoms with Gasteiger partial charge in [0, 0.05) is 30.0 Å². The van der Waals surface area contributed by atoms with Crippen molar-refractivity contribution in [3.05, 3.63) is 58.9 Å². The Kier molecular flexibility index (Phi) is 7.45. The second-order valence-corrected chi connectivity index (χ2v) is 11.8. The third kappa shape index (κ3) is 5.54. The molecule has 1 amide bonds. The van der Waals surface area contributed by atoms with E-state index in [2.05, 4.69) is 4.57 Å². The Bertz CT molecular complexity index is 1130. The molecule has 34 heavy (non-hydrogen) atoms. The average Bonchev–Trinajstić information content (AvgIpc) is 3.34. The summed E-state index contributed by atoms with van der Waals surface area (Å²) in [5, 5.41) is 0. The molecule has 2 aliphatic rings. The van der Waals surface area contributed by atoms with Gasteiger partial charge in [0.25, 0.3) is 5.91 Å². The van der Waals surface area contributed by atoms with Gasteiger partial charge in [-0.05, 0) is 44.7 Å². The molecule has 1 aliphatic carbocycles. The second kappa shape index (κ2) is 10.3. The van der Waals surface area contributed by atoms with Crippen LogP contribution in [0.5, 0.6) is 0 Å². The molecule has 1 aromatic carbocycles. The van der Waals surface area contributed by atoms with Gasteiger partial charge in [-0.3, -0.25) is 4.79 Å². The first-order valence-corrected chi connectivity index (χ1v) is 14.0. The predicted octanol–water partition coefficient (Wildman–Crippen LogP) is 3.98. The summed E-state index contributed by atoms with van der Waals surface area (Å²) in [6.07, 6.45) is 6.28. The molecule has 4 rings (SSSR count). The van der Waals surface area contributed by atoms with Crippen LogP contribution in [0.1, 0.15) is 71.9 Å². The third-order valence-electron chi connectivity index (χ3n) is 7.14. The van der Waals surface area contributed by atoms with E-state index in [0.29, 0.717) is 18.0 Å². The van der Waals surface area contributed by atoms with E-state index < -0.39 is 28.5 Å². The molecule has 0 radical (unpaired) electrons. The highest BCUT2D eigenvalue weighted by Gasteiger charge is 2.35. The molecule has 2 heterocycles. The van der Waals surface area contributed by atoms with Crippen molar-refractivity contribution in [2.24, 2.45) is 0 Å². The molecule has 7 nitrogen and oxygen atoms in total. The topological polar surface area (TPSA) is 85.7 Å². The van der Waals surface area contributed by atoms with Gasteiger partial charge in [-0.15, -0.1) is 0 Å². The maximum Gasteiger partial charge on any atom is 0.340 e. The van der Waals surface area contributed by atoms with Gasteiger partial charge in [0.2, 0.25) is 0 Å². The zero-order valence-corrected chi connectivity index (χ0v) is 20.9. The minimum absolute atomic E-state index is 0.0535. The van der Waals surface area contributed by atoms with Crippen molar-refractivity contribution < 1.29 is 22.7 Å². The molecular formula is C26H34N2O5S.